The lowest BCUT2D eigenvalue weighted by Crippen LogP contribution is -2.53. The first-order valence-electron chi connectivity index (χ1n) is 10.5. The molecule has 0 spiro atoms. The van der Waals surface area contributed by atoms with Crippen LogP contribution in [0, 0.1) is 11.6 Å². The Morgan fingerprint density at radius 3 is 2.26 bits per heavy atom. The molecule has 6 nitrogen and oxygen atoms in total. The molecule has 0 N–H and O–H groups in total. The second kappa shape index (κ2) is 7.92. The van der Waals surface area contributed by atoms with Crippen LogP contribution in [-0.4, -0.2) is 45.2 Å². The van der Waals surface area contributed by atoms with E-state index in [-0.39, 0.29) is 24.0 Å². The highest BCUT2D eigenvalue weighted by Gasteiger charge is 2.41. The van der Waals surface area contributed by atoms with Crippen molar-refractivity contribution in [3.8, 4) is 11.6 Å². The predicted octanol–water partition coefficient (Wildman–Crippen LogP) is 4.10. The van der Waals surface area contributed by atoms with Crippen molar-refractivity contribution in [3.05, 3.63) is 65.7 Å². The maximum atomic E-state index is 14.5. The Hall–Kier alpha value is -3.00. The monoisotopic (exact) mass is 423 g/mol. The highest BCUT2D eigenvalue weighted by atomic mass is 19.2. The molecular weight excluding hydrogens is 400 g/mol. The maximum absolute atomic E-state index is 14.5. The molecule has 3 heterocycles. The van der Waals surface area contributed by atoms with Crippen molar-refractivity contribution in [1.82, 2.24) is 19.9 Å². The first-order chi connectivity index (χ1) is 15.0. The molecule has 2 atom stereocenters. The lowest BCUT2D eigenvalue weighted by Gasteiger charge is -2.41. The average Bonchev–Trinajstić information content (AvgIpc) is 3.54. The summed E-state index contributed by atoms with van der Waals surface area (Å²) in [5, 5.41) is 0. The molecule has 1 saturated heterocycles. The third kappa shape index (κ3) is 3.99. The number of ether oxygens (including phenoxy) is 1. The van der Waals surface area contributed by atoms with Gasteiger partial charge in [-0.05, 0) is 61.4 Å². The molecule has 1 aromatic carbocycles. The zero-order valence-electron chi connectivity index (χ0n) is 17.4. The third-order valence-electron chi connectivity index (χ3n) is 5.77. The smallest absolute Gasteiger partial charge is 0.197 e. The lowest BCUT2D eigenvalue weighted by molar-refractivity contribution is -0.00742. The SMILES string of the molecule is CC(C)OC1CN(c2cc([C@H]3C[C@H]3c3cnc(-c4ncccn4)nc3)cc(F)c2F)C1. The minimum absolute atomic E-state index is 0.0593. The number of nitrogens with zero attached hydrogens (tertiary/aromatic N) is 5. The van der Waals surface area contributed by atoms with Gasteiger partial charge in [0.1, 0.15) is 0 Å². The van der Waals surface area contributed by atoms with Crippen molar-refractivity contribution >= 4 is 5.69 Å². The van der Waals surface area contributed by atoms with Crippen LogP contribution >= 0.6 is 0 Å². The Labute approximate surface area is 179 Å². The summed E-state index contributed by atoms with van der Waals surface area (Å²) in [6.45, 7) is 5.09. The van der Waals surface area contributed by atoms with E-state index in [0.717, 1.165) is 17.5 Å². The normalized spacial score (nSPS) is 20.7. The Kier molecular flexibility index (Phi) is 5.09. The fourth-order valence-electron chi connectivity index (χ4n) is 4.14. The quantitative estimate of drug-likeness (QED) is 0.595. The molecule has 0 radical (unpaired) electrons. The molecule has 1 aliphatic heterocycles. The molecule has 0 unspecified atom stereocenters. The van der Waals surface area contributed by atoms with Crippen LogP contribution in [0.4, 0.5) is 14.5 Å². The molecule has 2 aromatic heterocycles. The van der Waals surface area contributed by atoms with E-state index in [9.17, 15) is 8.78 Å². The lowest BCUT2D eigenvalue weighted by atomic mass is 10.0. The molecule has 0 amide bonds. The van der Waals surface area contributed by atoms with Gasteiger partial charge in [-0.3, -0.25) is 0 Å². The third-order valence-corrected chi connectivity index (χ3v) is 5.77. The standard InChI is InChI=1S/C23H23F2N5O/c1-13(2)31-16-11-30(12-16)20-7-14(6-19(24)21(20)25)17-8-18(17)15-9-28-23(29-10-15)22-26-4-3-5-27-22/h3-7,9-10,13,16-18H,8,11-12H2,1-2H3/t17-,18+/m1/s1. The van der Waals surface area contributed by atoms with E-state index in [4.69, 9.17) is 4.74 Å². The predicted molar refractivity (Wildman–Crippen MR) is 112 cm³/mol. The summed E-state index contributed by atoms with van der Waals surface area (Å²) in [4.78, 5) is 18.9. The van der Waals surface area contributed by atoms with E-state index >= 15 is 0 Å². The van der Waals surface area contributed by atoms with Crippen LogP contribution in [0.25, 0.3) is 11.6 Å². The van der Waals surface area contributed by atoms with Crippen molar-refractivity contribution in [1.29, 1.82) is 0 Å². The van der Waals surface area contributed by atoms with E-state index in [1.165, 1.54) is 6.07 Å². The minimum Gasteiger partial charge on any atom is -0.372 e. The summed E-state index contributed by atoms with van der Waals surface area (Å²) in [7, 11) is 0. The fourth-order valence-corrected chi connectivity index (χ4v) is 4.14. The number of benzene rings is 1. The molecule has 31 heavy (non-hydrogen) atoms. The summed E-state index contributed by atoms with van der Waals surface area (Å²) >= 11 is 0. The van der Waals surface area contributed by atoms with Crippen LogP contribution in [0.5, 0.6) is 0 Å². The molecule has 0 bridgehead atoms. The molecule has 160 valence electrons. The molecule has 2 fully saturated rings. The van der Waals surface area contributed by atoms with E-state index in [1.807, 2.05) is 18.7 Å². The second-order valence-corrected chi connectivity index (χ2v) is 8.41. The van der Waals surface area contributed by atoms with Gasteiger partial charge in [0, 0.05) is 37.9 Å². The number of rotatable bonds is 6. The van der Waals surface area contributed by atoms with Gasteiger partial charge in [0.15, 0.2) is 23.3 Å². The van der Waals surface area contributed by atoms with Crippen LogP contribution in [0.15, 0.2) is 43.0 Å². The Morgan fingerprint density at radius 1 is 0.935 bits per heavy atom. The Balaban J connectivity index is 1.30. The highest BCUT2D eigenvalue weighted by Crippen LogP contribution is 2.55. The molecule has 1 aliphatic carbocycles. The Bertz CT molecular complexity index is 1070. The topological polar surface area (TPSA) is 64.0 Å². The van der Waals surface area contributed by atoms with Crippen LogP contribution in [0.2, 0.25) is 0 Å². The molecular formula is C23H23F2N5O. The molecule has 5 rings (SSSR count). The summed E-state index contributed by atoms with van der Waals surface area (Å²) in [5.74, 6) is -0.343. The minimum atomic E-state index is -0.806. The van der Waals surface area contributed by atoms with E-state index < -0.39 is 11.6 Å². The van der Waals surface area contributed by atoms with Gasteiger partial charge in [-0.15, -0.1) is 0 Å². The van der Waals surface area contributed by atoms with Crippen LogP contribution in [0.1, 0.15) is 43.2 Å². The van der Waals surface area contributed by atoms with Gasteiger partial charge in [0.25, 0.3) is 0 Å². The first kappa shape index (κ1) is 19.9. The summed E-state index contributed by atoms with van der Waals surface area (Å²) in [6, 6.07) is 4.83. The highest BCUT2D eigenvalue weighted by molar-refractivity contribution is 5.55. The number of hydrogen-bond donors (Lipinski definition) is 0. The molecule has 8 heteroatoms. The van der Waals surface area contributed by atoms with Gasteiger partial charge in [0.05, 0.1) is 17.9 Å². The second-order valence-electron chi connectivity index (χ2n) is 8.41. The van der Waals surface area contributed by atoms with Gasteiger partial charge in [-0.1, -0.05) is 0 Å². The largest absolute Gasteiger partial charge is 0.372 e. The van der Waals surface area contributed by atoms with Crippen molar-refractivity contribution in [3.63, 3.8) is 0 Å². The number of hydrogen-bond acceptors (Lipinski definition) is 6. The molecule has 3 aromatic rings. The van der Waals surface area contributed by atoms with E-state index in [2.05, 4.69) is 19.9 Å². The first-order valence-corrected chi connectivity index (χ1v) is 10.5. The van der Waals surface area contributed by atoms with Crippen LogP contribution < -0.4 is 4.90 Å². The van der Waals surface area contributed by atoms with E-state index in [0.29, 0.717) is 30.4 Å². The summed E-state index contributed by atoms with van der Waals surface area (Å²) < 4.78 is 34.6. The Morgan fingerprint density at radius 2 is 1.58 bits per heavy atom. The van der Waals surface area contributed by atoms with Crippen molar-refractivity contribution in [2.24, 2.45) is 0 Å². The van der Waals surface area contributed by atoms with E-state index in [1.54, 1.807) is 36.9 Å². The fraction of sp³-hybridized carbons (Fsp3) is 0.391. The molecule has 2 aliphatic rings. The molecule has 1 saturated carbocycles. The maximum Gasteiger partial charge on any atom is 0.197 e. The van der Waals surface area contributed by atoms with Crippen molar-refractivity contribution in [2.75, 3.05) is 18.0 Å². The van der Waals surface area contributed by atoms with Crippen LogP contribution in [0.3, 0.4) is 0 Å². The average molecular weight is 423 g/mol. The van der Waals surface area contributed by atoms with Gasteiger partial charge in [0.2, 0.25) is 0 Å². The number of halogens is 2. The van der Waals surface area contributed by atoms with Crippen molar-refractivity contribution < 1.29 is 13.5 Å². The zero-order chi connectivity index (χ0) is 21.5. The van der Waals surface area contributed by atoms with Gasteiger partial charge in [-0.2, -0.15) is 0 Å². The summed E-state index contributed by atoms with van der Waals surface area (Å²) in [5.41, 5.74) is 2.10. The van der Waals surface area contributed by atoms with Crippen molar-refractivity contribution in [2.45, 2.75) is 44.3 Å². The van der Waals surface area contributed by atoms with Gasteiger partial charge >= 0.3 is 0 Å². The van der Waals surface area contributed by atoms with Gasteiger partial charge in [-0.25, -0.2) is 28.7 Å². The number of anilines is 1. The number of aromatic nitrogens is 4. The van der Waals surface area contributed by atoms with Crippen LogP contribution in [-0.2, 0) is 4.74 Å². The zero-order valence-corrected chi connectivity index (χ0v) is 17.4. The summed E-state index contributed by atoms with van der Waals surface area (Å²) in [6.07, 6.45) is 7.87. The van der Waals surface area contributed by atoms with Gasteiger partial charge < -0.3 is 9.64 Å².